The zero-order valence-corrected chi connectivity index (χ0v) is 55.5. The van der Waals surface area contributed by atoms with Crippen LogP contribution in [0.25, 0.3) is 0 Å². The minimum Gasteiger partial charge on any atom is -0.393 e. The Labute approximate surface area is 497 Å². The molecule has 2 N–H and O–H groups in total. The summed E-state index contributed by atoms with van der Waals surface area (Å²) in [6, 6.07) is 0. The highest BCUT2D eigenvalue weighted by molar-refractivity contribution is 5.91. The Kier molecular flexibility index (Phi) is 44.4. The highest BCUT2D eigenvalue weighted by Gasteiger charge is 2.27. The predicted octanol–water partition coefficient (Wildman–Crippen LogP) is 22.3. The summed E-state index contributed by atoms with van der Waals surface area (Å²) < 4.78 is 0. The summed E-state index contributed by atoms with van der Waals surface area (Å²) in [4.78, 5) is 34.2. The highest BCUT2D eigenvalue weighted by atomic mass is 16.3. The van der Waals surface area contributed by atoms with Gasteiger partial charge in [0, 0.05) is 31.1 Å². The number of aliphatic hydroxyl groups excluding tert-OH is 2. The molecule has 0 aromatic heterocycles. The maximum atomic E-state index is 11.5. The maximum Gasteiger partial charge on any atom is 0.155 e. The molecule has 0 heterocycles. The maximum absolute atomic E-state index is 11.5. The lowest BCUT2D eigenvalue weighted by atomic mass is 9.85. The Morgan fingerprint density at radius 1 is 0.512 bits per heavy atom. The molecule has 5 aliphatic carbocycles. The van der Waals surface area contributed by atoms with Crippen molar-refractivity contribution in [2.45, 2.75) is 347 Å². The highest BCUT2D eigenvalue weighted by Crippen LogP contribution is 2.33. The quantitative estimate of drug-likeness (QED) is 0.0675. The number of carbonyl (C=O) groups excluding carboxylic acids is 3. The van der Waals surface area contributed by atoms with E-state index in [-0.39, 0.29) is 12.2 Å². The first-order valence-electron chi connectivity index (χ1n) is 34.5. The summed E-state index contributed by atoms with van der Waals surface area (Å²) in [6.07, 6.45) is 54.8. The van der Waals surface area contributed by atoms with Crippen LogP contribution in [0.1, 0.15) is 335 Å². The second-order valence-corrected chi connectivity index (χ2v) is 27.2. The van der Waals surface area contributed by atoms with Crippen LogP contribution in [-0.2, 0) is 14.4 Å². The van der Waals surface area contributed by atoms with Crippen molar-refractivity contribution in [1.82, 2.24) is 0 Å². The van der Waals surface area contributed by atoms with Gasteiger partial charge in [-0.2, -0.15) is 0 Å². The van der Waals surface area contributed by atoms with E-state index in [0.717, 1.165) is 133 Å². The van der Waals surface area contributed by atoms with E-state index in [4.69, 9.17) is 0 Å². The number of ketones is 3. The van der Waals surface area contributed by atoms with Crippen LogP contribution in [-0.4, -0.2) is 39.8 Å². The number of rotatable bonds is 31. The Morgan fingerprint density at radius 3 is 1.43 bits per heavy atom. The van der Waals surface area contributed by atoms with Gasteiger partial charge in [0.25, 0.3) is 0 Å². The Morgan fingerprint density at radius 2 is 0.988 bits per heavy atom. The third-order valence-electron chi connectivity index (χ3n) is 19.5. The molecule has 0 aromatic rings. The van der Waals surface area contributed by atoms with Crippen molar-refractivity contribution in [2.75, 3.05) is 0 Å². The van der Waals surface area contributed by atoms with Crippen LogP contribution in [0.5, 0.6) is 0 Å². The van der Waals surface area contributed by atoms with Crippen LogP contribution in [0.3, 0.4) is 0 Å². The SMILES string of the molecule is CC/C(C)=C/CC/C(C)=C/CC1CCCC1=O.CC/C(C)=C/CC/C(C)=C/CC1CCCC1O.CCC(C)CCCC(C)CCC1CCCC1=O.CCC(C)CCCC(C)CCC1CCCC1O.CCCCC1CC(=O)C=C(C)C1. The lowest BCUT2D eigenvalue weighted by Gasteiger charge is -2.19. The van der Waals surface area contributed by atoms with Crippen LogP contribution in [0.15, 0.2) is 58.2 Å². The summed E-state index contributed by atoms with van der Waals surface area (Å²) in [6.45, 7) is 31.5. The summed E-state index contributed by atoms with van der Waals surface area (Å²) in [5, 5.41) is 19.5. The zero-order chi connectivity index (χ0) is 59.7. The third-order valence-corrected chi connectivity index (χ3v) is 19.5. The fraction of sp³-hybridized carbons (Fsp3) is 0.827. The van der Waals surface area contributed by atoms with Gasteiger partial charge >= 0.3 is 0 Å². The van der Waals surface area contributed by atoms with E-state index in [1.807, 2.05) is 6.08 Å². The molecule has 464 valence electrons. The van der Waals surface area contributed by atoms with E-state index in [1.54, 1.807) is 0 Å². The van der Waals surface area contributed by atoms with Crippen molar-refractivity contribution < 1.29 is 24.6 Å². The summed E-state index contributed by atoms with van der Waals surface area (Å²) in [7, 11) is 0. The Hall–Kier alpha value is -2.37. The fourth-order valence-electron chi connectivity index (χ4n) is 12.5. The minimum absolute atomic E-state index is 0.0160. The van der Waals surface area contributed by atoms with Crippen molar-refractivity contribution in [2.24, 2.45) is 53.3 Å². The smallest absolute Gasteiger partial charge is 0.155 e. The number of aliphatic hydroxyl groups is 2. The molecular formula is C75H134O5. The van der Waals surface area contributed by atoms with Crippen LogP contribution in [0.4, 0.5) is 0 Å². The van der Waals surface area contributed by atoms with Gasteiger partial charge in [0.15, 0.2) is 5.78 Å². The van der Waals surface area contributed by atoms with Gasteiger partial charge in [0.2, 0.25) is 0 Å². The lowest BCUT2D eigenvalue weighted by molar-refractivity contribution is -0.121. The first kappa shape index (κ1) is 75.6. The van der Waals surface area contributed by atoms with Gasteiger partial charge < -0.3 is 10.2 Å². The first-order valence-corrected chi connectivity index (χ1v) is 34.5. The molecule has 80 heavy (non-hydrogen) atoms. The predicted molar refractivity (Wildman–Crippen MR) is 349 cm³/mol. The lowest BCUT2D eigenvalue weighted by Crippen LogP contribution is -2.14. The van der Waals surface area contributed by atoms with E-state index < -0.39 is 0 Å². The average Bonchev–Trinajstić information content (AvgIpc) is 4.26. The molecule has 5 nitrogen and oxygen atoms in total. The number of hydrogen-bond acceptors (Lipinski definition) is 5. The average molecular weight is 1120 g/mol. The largest absolute Gasteiger partial charge is 0.393 e. The van der Waals surface area contributed by atoms with Gasteiger partial charge in [-0.15, -0.1) is 0 Å². The molecule has 0 aliphatic heterocycles. The Bertz CT molecular complexity index is 1780. The second kappa shape index (κ2) is 46.9. The Balaban J connectivity index is 0.000000502. The topological polar surface area (TPSA) is 91.7 Å². The van der Waals surface area contributed by atoms with Crippen molar-refractivity contribution in [3.8, 4) is 0 Å². The second-order valence-electron chi connectivity index (χ2n) is 27.2. The van der Waals surface area contributed by atoms with Gasteiger partial charge in [-0.25, -0.2) is 0 Å². The molecule has 0 spiro atoms. The van der Waals surface area contributed by atoms with Crippen LogP contribution < -0.4 is 0 Å². The van der Waals surface area contributed by atoms with Crippen molar-refractivity contribution in [3.63, 3.8) is 0 Å². The fourth-order valence-corrected chi connectivity index (χ4v) is 12.5. The van der Waals surface area contributed by atoms with E-state index in [9.17, 15) is 24.6 Å². The molecule has 5 aliphatic rings. The molecule has 4 saturated carbocycles. The monoisotopic (exact) mass is 1120 g/mol. The molecule has 5 heteroatoms. The standard InChI is InChI=1S/C16H32O.C16H30O.C16H28O.C16H26O.C11H18O/c4*1-4-13(2)7-5-8-14(3)11-12-15-9-6-10-16(15)17;1-3-4-5-10-6-9(2)7-11(12)8-10/h13-17H,4-12H2,1-3H3;13-15H,4-12H2,1-3H3;7,11,15-17H,4-6,8-10,12H2,1-3H3;7,11,15H,4-6,8-10,12H2,1-3H3;7,10H,3-6,8H2,1-2H3/b;;2*13-7+,14-11+;. The minimum atomic E-state index is -0.0405. The molecule has 5 rings (SSSR count). The molecular weight excluding hydrogens is 981 g/mol. The van der Waals surface area contributed by atoms with Gasteiger partial charge in [0.05, 0.1) is 12.2 Å². The summed E-state index contributed by atoms with van der Waals surface area (Å²) >= 11 is 0. The van der Waals surface area contributed by atoms with Crippen LogP contribution in [0, 0.1) is 53.3 Å². The van der Waals surface area contributed by atoms with E-state index in [0.29, 0.717) is 46.9 Å². The molecule has 0 amide bonds. The molecule has 0 aromatic carbocycles. The molecule has 0 radical (unpaired) electrons. The van der Waals surface area contributed by atoms with Crippen LogP contribution >= 0.6 is 0 Å². The first-order chi connectivity index (χ1) is 38.2. The van der Waals surface area contributed by atoms with E-state index >= 15 is 0 Å². The molecule has 0 bridgehead atoms. The van der Waals surface area contributed by atoms with Crippen LogP contribution in [0.2, 0.25) is 0 Å². The zero-order valence-electron chi connectivity index (χ0n) is 55.5. The van der Waals surface area contributed by atoms with E-state index in [2.05, 4.69) is 121 Å². The van der Waals surface area contributed by atoms with Crippen molar-refractivity contribution in [1.29, 1.82) is 0 Å². The van der Waals surface area contributed by atoms with Gasteiger partial charge in [0.1, 0.15) is 11.6 Å². The van der Waals surface area contributed by atoms with Gasteiger partial charge in [-0.1, -0.05) is 204 Å². The van der Waals surface area contributed by atoms with Gasteiger partial charge in [-0.05, 0) is 211 Å². The summed E-state index contributed by atoms with van der Waals surface area (Å²) in [5.41, 5.74) is 7.15. The number of hydrogen-bond donors (Lipinski definition) is 2. The van der Waals surface area contributed by atoms with E-state index in [1.165, 1.54) is 156 Å². The summed E-state index contributed by atoms with van der Waals surface area (Å²) in [5.74, 6) is 7.35. The van der Waals surface area contributed by atoms with Gasteiger partial charge in [-0.3, -0.25) is 14.4 Å². The number of carbonyl (C=O) groups is 3. The normalized spacial score (nSPS) is 25.1. The molecule has 4 fully saturated rings. The third kappa shape index (κ3) is 37.8. The van der Waals surface area contributed by atoms with Crippen molar-refractivity contribution in [3.05, 3.63) is 58.2 Å². The number of Topliss-reactive ketones (excluding diaryl/α,β-unsaturated/α-hetero) is 2. The number of allylic oxidation sites excluding steroid dienone is 10. The van der Waals surface area contributed by atoms with Crippen molar-refractivity contribution >= 4 is 17.3 Å². The molecule has 0 saturated heterocycles. The molecule has 11 unspecified atom stereocenters. The molecule has 11 atom stereocenters. The number of unbranched alkanes of at least 4 members (excludes halogenated alkanes) is 1.